The standard InChI is InChI=1S/C14H18N4O2/c1-19-12-5-3-2-4-11(12)14-16-13(20-17-14)10-18-8-6-15-7-9-18/h2-5,15H,6-10H2,1H3. The molecular formula is C14H18N4O2. The van der Waals surface area contributed by atoms with Crippen molar-refractivity contribution in [1.82, 2.24) is 20.4 Å². The van der Waals surface area contributed by atoms with Gasteiger partial charge in [-0.2, -0.15) is 4.98 Å². The summed E-state index contributed by atoms with van der Waals surface area (Å²) in [7, 11) is 1.64. The largest absolute Gasteiger partial charge is 0.496 e. The normalized spacial score (nSPS) is 16.2. The number of aromatic nitrogens is 2. The summed E-state index contributed by atoms with van der Waals surface area (Å²) >= 11 is 0. The summed E-state index contributed by atoms with van der Waals surface area (Å²) < 4.78 is 10.7. The highest BCUT2D eigenvalue weighted by Gasteiger charge is 2.16. The molecule has 0 spiro atoms. The molecule has 0 unspecified atom stereocenters. The number of benzene rings is 1. The highest BCUT2D eigenvalue weighted by atomic mass is 16.5. The lowest BCUT2D eigenvalue weighted by Gasteiger charge is -2.25. The van der Waals surface area contributed by atoms with Gasteiger partial charge in [0.25, 0.3) is 0 Å². The van der Waals surface area contributed by atoms with Gasteiger partial charge >= 0.3 is 0 Å². The number of ether oxygens (including phenoxy) is 1. The SMILES string of the molecule is COc1ccccc1-c1noc(CN2CCNCC2)n1. The van der Waals surface area contributed by atoms with Crippen molar-refractivity contribution in [1.29, 1.82) is 0 Å². The maximum atomic E-state index is 5.34. The van der Waals surface area contributed by atoms with Crippen LogP contribution in [-0.2, 0) is 6.54 Å². The smallest absolute Gasteiger partial charge is 0.241 e. The zero-order chi connectivity index (χ0) is 13.8. The maximum absolute atomic E-state index is 5.34. The Balaban J connectivity index is 1.75. The lowest BCUT2D eigenvalue weighted by Crippen LogP contribution is -2.42. The van der Waals surface area contributed by atoms with Gasteiger partial charge in [-0.1, -0.05) is 17.3 Å². The minimum atomic E-state index is 0.576. The van der Waals surface area contributed by atoms with E-state index in [0.717, 1.165) is 37.5 Å². The zero-order valence-corrected chi connectivity index (χ0v) is 11.5. The first-order chi connectivity index (χ1) is 9.86. The van der Waals surface area contributed by atoms with Gasteiger partial charge in [0.1, 0.15) is 5.75 Å². The van der Waals surface area contributed by atoms with Crippen LogP contribution in [0.4, 0.5) is 0 Å². The number of hydrogen-bond donors (Lipinski definition) is 1. The van der Waals surface area contributed by atoms with Crippen LogP contribution in [-0.4, -0.2) is 48.3 Å². The molecule has 1 fully saturated rings. The van der Waals surface area contributed by atoms with Gasteiger partial charge in [0.05, 0.1) is 19.2 Å². The van der Waals surface area contributed by atoms with Gasteiger partial charge in [0.2, 0.25) is 11.7 Å². The predicted molar refractivity (Wildman–Crippen MR) is 74.4 cm³/mol. The average Bonchev–Trinajstić information content (AvgIpc) is 2.96. The van der Waals surface area contributed by atoms with E-state index in [1.165, 1.54) is 0 Å². The van der Waals surface area contributed by atoms with E-state index in [4.69, 9.17) is 9.26 Å². The Kier molecular flexibility index (Phi) is 3.94. The van der Waals surface area contributed by atoms with Crippen molar-refractivity contribution in [2.75, 3.05) is 33.3 Å². The van der Waals surface area contributed by atoms with Gasteiger partial charge in [0, 0.05) is 26.2 Å². The van der Waals surface area contributed by atoms with Crippen LogP contribution in [0.3, 0.4) is 0 Å². The average molecular weight is 274 g/mol. The van der Waals surface area contributed by atoms with E-state index < -0.39 is 0 Å². The van der Waals surface area contributed by atoms with Crippen LogP contribution in [0.5, 0.6) is 5.75 Å². The Morgan fingerprint density at radius 2 is 2.10 bits per heavy atom. The van der Waals surface area contributed by atoms with Crippen molar-refractivity contribution in [3.63, 3.8) is 0 Å². The van der Waals surface area contributed by atoms with E-state index in [-0.39, 0.29) is 0 Å². The molecule has 1 aliphatic rings. The second kappa shape index (κ2) is 6.02. The van der Waals surface area contributed by atoms with Crippen LogP contribution >= 0.6 is 0 Å². The van der Waals surface area contributed by atoms with Crippen molar-refractivity contribution in [3.8, 4) is 17.1 Å². The van der Waals surface area contributed by atoms with Gasteiger partial charge < -0.3 is 14.6 Å². The van der Waals surface area contributed by atoms with E-state index in [2.05, 4.69) is 20.4 Å². The Bertz CT molecular complexity index is 564. The van der Waals surface area contributed by atoms with Crippen molar-refractivity contribution < 1.29 is 9.26 Å². The van der Waals surface area contributed by atoms with Gasteiger partial charge in [-0.15, -0.1) is 0 Å². The summed E-state index contributed by atoms with van der Waals surface area (Å²) in [6.45, 7) is 4.73. The van der Waals surface area contributed by atoms with Gasteiger partial charge in [-0.05, 0) is 12.1 Å². The van der Waals surface area contributed by atoms with E-state index in [9.17, 15) is 0 Å². The van der Waals surface area contributed by atoms with Gasteiger partial charge in [0.15, 0.2) is 0 Å². The summed E-state index contributed by atoms with van der Waals surface area (Å²) in [6.07, 6.45) is 0. The fraction of sp³-hybridized carbons (Fsp3) is 0.429. The third-order valence-corrected chi connectivity index (χ3v) is 3.38. The van der Waals surface area contributed by atoms with Gasteiger partial charge in [-0.25, -0.2) is 0 Å². The van der Waals surface area contributed by atoms with E-state index in [1.807, 2.05) is 24.3 Å². The molecule has 6 nitrogen and oxygen atoms in total. The highest BCUT2D eigenvalue weighted by Crippen LogP contribution is 2.27. The lowest BCUT2D eigenvalue weighted by molar-refractivity contribution is 0.203. The van der Waals surface area contributed by atoms with Crippen molar-refractivity contribution in [2.45, 2.75) is 6.54 Å². The molecule has 20 heavy (non-hydrogen) atoms. The highest BCUT2D eigenvalue weighted by molar-refractivity contribution is 5.63. The van der Waals surface area contributed by atoms with Crippen LogP contribution in [0, 0.1) is 0 Å². The molecule has 2 heterocycles. The quantitative estimate of drug-likeness (QED) is 0.902. The van der Waals surface area contributed by atoms with E-state index in [1.54, 1.807) is 7.11 Å². The van der Waals surface area contributed by atoms with Crippen LogP contribution in [0.15, 0.2) is 28.8 Å². The molecule has 6 heteroatoms. The number of para-hydroxylation sites is 1. The molecule has 3 rings (SSSR count). The summed E-state index contributed by atoms with van der Waals surface area (Å²) in [4.78, 5) is 6.76. The van der Waals surface area contributed by atoms with Crippen LogP contribution in [0.2, 0.25) is 0 Å². The van der Waals surface area contributed by atoms with Crippen LogP contribution in [0.1, 0.15) is 5.89 Å². The number of piperazine rings is 1. The Hall–Kier alpha value is -1.92. The summed E-state index contributed by atoms with van der Waals surface area (Å²) in [6, 6.07) is 7.67. The van der Waals surface area contributed by atoms with Crippen molar-refractivity contribution in [2.24, 2.45) is 0 Å². The van der Waals surface area contributed by atoms with Crippen molar-refractivity contribution >= 4 is 0 Å². The fourth-order valence-corrected chi connectivity index (χ4v) is 2.32. The molecule has 1 aliphatic heterocycles. The first-order valence-electron chi connectivity index (χ1n) is 6.76. The van der Waals surface area contributed by atoms with Crippen molar-refractivity contribution in [3.05, 3.63) is 30.2 Å². The van der Waals surface area contributed by atoms with Gasteiger partial charge in [-0.3, -0.25) is 4.90 Å². The Morgan fingerprint density at radius 3 is 2.90 bits per heavy atom. The van der Waals surface area contributed by atoms with Crippen LogP contribution < -0.4 is 10.1 Å². The third-order valence-electron chi connectivity index (χ3n) is 3.38. The second-order valence-electron chi connectivity index (χ2n) is 4.74. The maximum Gasteiger partial charge on any atom is 0.241 e. The molecule has 0 radical (unpaired) electrons. The topological polar surface area (TPSA) is 63.4 Å². The molecule has 0 aliphatic carbocycles. The minimum absolute atomic E-state index is 0.576. The molecule has 0 bridgehead atoms. The molecule has 1 aromatic carbocycles. The molecule has 1 saturated heterocycles. The molecule has 0 amide bonds. The molecule has 1 aromatic heterocycles. The number of hydrogen-bond acceptors (Lipinski definition) is 6. The summed E-state index contributed by atoms with van der Waals surface area (Å²) in [5.41, 5.74) is 0.852. The molecule has 0 atom stereocenters. The molecule has 1 N–H and O–H groups in total. The molecular weight excluding hydrogens is 256 g/mol. The van der Waals surface area contributed by atoms with E-state index >= 15 is 0 Å². The lowest BCUT2D eigenvalue weighted by atomic mass is 10.2. The number of nitrogens with zero attached hydrogens (tertiary/aromatic N) is 3. The second-order valence-corrected chi connectivity index (χ2v) is 4.74. The molecule has 2 aromatic rings. The Morgan fingerprint density at radius 1 is 1.30 bits per heavy atom. The zero-order valence-electron chi connectivity index (χ0n) is 11.5. The van der Waals surface area contributed by atoms with E-state index in [0.29, 0.717) is 18.3 Å². The first kappa shape index (κ1) is 13.1. The van der Waals surface area contributed by atoms with Crippen LogP contribution in [0.25, 0.3) is 11.4 Å². The summed E-state index contributed by atoms with van der Waals surface area (Å²) in [5, 5.41) is 7.37. The minimum Gasteiger partial charge on any atom is -0.496 e. The first-order valence-corrected chi connectivity index (χ1v) is 6.76. The molecule has 106 valence electrons. The summed E-state index contributed by atoms with van der Waals surface area (Å²) in [5.74, 6) is 1.97. The monoisotopic (exact) mass is 274 g/mol. The third kappa shape index (κ3) is 2.81. The Labute approximate surface area is 117 Å². The number of nitrogens with one attached hydrogen (secondary N) is 1. The number of methoxy groups -OCH3 is 1. The fourth-order valence-electron chi connectivity index (χ4n) is 2.32. The molecule has 0 saturated carbocycles. The number of rotatable bonds is 4. The predicted octanol–water partition coefficient (Wildman–Crippen LogP) is 1.15.